The van der Waals surface area contributed by atoms with Crippen molar-refractivity contribution in [2.75, 3.05) is 47.1 Å². The lowest BCUT2D eigenvalue weighted by atomic mass is 10.1. The van der Waals surface area contributed by atoms with Gasteiger partial charge in [-0.3, -0.25) is 9.59 Å². The minimum absolute atomic E-state index is 0.0254. The molecular weight excluding hydrogens is 370 g/mol. The van der Waals surface area contributed by atoms with Crippen molar-refractivity contribution in [3.63, 3.8) is 0 Å². The Morgan fingerprint density at radius 1 is 0.966 bits per heavy atom. The zero-order valence-electron chi connectivity index (χ0n) is 18.7. The van der Waals surface area contributed by atoms with Crippen molar-refractivity contribution >= 4 is 11.8 Å². The number of amides is 2. The van der Waals surface area contributed by atoms with Crippen LogP contribution in [0.1, 0.15) is 51.1 Å². The number of rotatable bonds is 16. The molecule has 0 atom stereocenters. The number of hydrogen-bond donors (Lipinski definition) is 0. The van der Waals surface area contributed by atoms with Gasteiger partial charge in [-0.25, -0.2) is 0 Å². The summed E-state index contributed by atoms with van der Waals surface area (Å²) >= 11 is 0. The van der Waals surface area contributed by atoms with Crippen molar-refractivity contribution in [1.82, 2.24) is 14.4 Å². The molecule has 7 heteroatoms. The largest absolute Gasteiger partial charge is 0.383 e. The molecule has 0 aromatic carbocycles. The smallest absolute Gasteiger partial charge is 0.242 e. The first-order valence-corrected chi connectivity index (χ1v) is 10.7. The maximum atomic E-state index is 13.0. The van der Waals surface area contributed by atoms with Crippen molar-refractivity contribution < 1.29 is 19.1 Å². The van der Waals surface area contributed by atoms with Crippen LogP contribution < -0.4 is 0 Å². The van der Waals surface area contributed by atoms with Crippen molar-refractivity contribution in [3.8, 4) is 0 Å². The molecule has 1 aromatic heterocycles. The fourth-order valence-corrected chi connectivity index (χ4v) is 3.14. The van der Waals surface area contributed by atoms with Gasteiger partial charge in [0.1, 0.15) is 0 Å². The molecule has 0 bridgehead atoms. The lowest BCUT2D eigenvalue weighted by Crippen LogP contribution is -2.45. The van der Waals surface area contributed by atoms with E-state index in [1.807, 2.05) is 29.9 Å². The number of carbonyl (C=O) groups is 2. The highest BCUT2D eigenvalue weighted by Crippen LogP contribution is 2.09. The first-order chi connectivity index (χ1) is 14.0. The van der Waals surface area contributed by atoms with Gasteiger partial charge in [0, 0.05) is 52.7 Å². The van der Waals surface area contributed by atoms with Crippen LogP contribution in [0.5, 0.6) is 0 Å². The average Bonchev–Trinajstić information content (AvgIpc) is 3.12. The van der Waals surface area contributed by atoms with Crippen molar-refractivity contribution in [2.45, 2.75) is 52.0 Å². The topological polar surface area (TPSA) is 64.0 Å². The summed E-state index contributed by atoms with van der Waals surface area (Å²) in [4.78, 5) is 29.1. The molecule has 1 aromatic rings. The highest BCUT2D eigenvalue weighted by molar-refractivity contribution is 5.84. The molecule has 7 nitrogen and oxygen atoms in total. The molecule has 0 aliphatic heterocycles. The summed E-state index contributed by atoms with van der Waals surface area (Å²) in [5, 5.41) is 0. The summed E-state index contributed by atoms with van der Waals surface area (Å²) in [6.07, 6.45) is 7.90. The van der Waals surface area contributed by atoms with Gasteiger partial charge in [0.2, 0.25) is 11.8 Å². The first kappa shape index (κ1) is 25.2. The fourth-order valence-electron chi connectivity index (χ4n) is 3.14. The standard InChI is InChI=1S/C22H39N3O4/c1-5-6-7-8-9-12-21(26)25(15-17-29-4)19-22(27)24(14-16-28-3)18-20-11-10-13-23(20)2/h10-11,13H,5-9,12,14-19H2,1-4H3. The van der Waals surface area contributed by atoms with Crippen LogP contribution in [0.25, 0.3) is 0 Å². The minimum Gasteiger partial charge on any atom is -0.383 e. The fraction of sp³-hybridized carbons (Fsp3) is 0.727. The van der Waals surface area contributed by atoms with Crippen LogP contribution in [0.3, 0.4) is 0 Å². The molecule has 1 heterocycles. The number of aromatic nitrogens is 1. The monoisotopic (exact) mass is 409 g/mol. The van der Waals surface area contributed by atoms with E-state index < -0.39 is 0 Å². The summed E-state index contributed by atoms with van der Waals surface area (Å²) in [6, 6.07) is 3.96. The maximum absolute atomic E-state index is 13.0. The Morgan fingerprint density at radius 2 is 1.62 bits per heavy atom. The van der Waals surface area contributed by atoms with Gasteiger partial charge in [-0.2, -0.15) is 0 Å². The minimum atomic E-state index is -0.0707. The summed E-state index contributed by atoms with van der Waals surface area (Å²) < 4.78 is 12.3. The molecule has 0 saturated carbocycles. The van der Waals surface area contributed by atoms with Gasteiger partial charge in [-0.1, -0.05) is 32.6 Å². The van der Waals surface area contributed by atoms with E-state index in [0.717, 1.165) is 25.0 Å². The molecule has 0 unspecified atom stereocenters. The number of nitrogens with zero attached hydrogens (tertiary/aromatic N) is 3. The number of carbonyl (C=O) groups excluding carboxylic acids is 2. The van der Waals surface area contributed by atoms with E-state index in [1.165, 1.54) is 12.8 Å². The van der Waals surface area contributed by atoms with E-state index >= 15 is 0 Å². The molecule has 0 saturated heterocycles. The van der Waals surface area contributed by atoms with E-state index in [-0.39, 0.29) is 18.4 Å². The van der Waals surface area contributed by atoms with Crippen LogP contribution in [-0.4, -0.2) is 73.2 Å². The number of ether oxygens (including phenoxy) is 2. The van der Waals surface area contributed by atoms with E-state index in [1.54, 1.807) is 24.0 Å². The predicted molar refractivity (Wildman–Crippen MR) is 115 cm³/mol. The highest BCUT2D eigenvalue weighted by atomic mass is 16.5. The average molecular weight is 410 g/mol. The van der Waals surface area contributed by atoms with Crippen molar-refractivity contribution in [1.29, 1.82) is 0 Å². The number of methoxy groups -OCH3 is 2. The van der Waals surface area contributed by atoms with Crippen LogP contribution in [-0.2, 0) is 32.7 Å². The quantitative estimate of drug-likeness (QED) is 0.394. The predicted octanol–water partition coefficient (Wildman–Crippen LogP) is 2.84. The van der Waals surface area contributed by atoms with Crippen LogP contribution >= 0.6 is 0 Å². The van der Waals surface area contributed by atoms with Gasteiger partial charge in [0.05, 0.1) is 26.3 Å². The third-order valence-corrected chi connectivity index (χ3v) is 5.06. The van der Waals surface area contributed by atoms with E-state index in [0.29, 0.717) is 39.3 Å². The SMILES string of the molecule is CCCCCCCC(=O)N(CCOC)CC(=O)N(CCOC)Cc1cccn1C. The van der Waals surface area contributed by atoms with E-state index in [4.69, 9.17) is 9.47 Å². The Bertz CT molecular complexity index is 588. The van der Waals surface area contributed by atoms with Crippen LogP contribution in [0.4, 0.5) is 0 Å². The Labute approximate surface area is 175 Å². The second-order valence-corrected chi connectivity index (χ2v) is 7.39. The lowest BCUT2D eigenvalue weighted by Gasteiger charge is -2.28. The third-order valence-electron chi connectivity index (χ3n) is 5.06. The molecule has 0 N–H and O–H groups in total. The molecule has 0 aliphatic rings. The molecule has 0 fully saturated rings. The molecular formula is C22H39N3O4. The number of hydrogen-bond acceptors (Lipinski definition) is 4. The van der Waals surface area contributed by atoms with Gasteiger partial charge in [0.25, 0.3) is 0 Å². The molecule has 29 heavy (non-hydrogen) atoms. The zero-order chi connectivity index (χ0) is 21.5. The van der Waals surface area contributed by atoms with E-state index in [2.05, 4.69) is 6.92 Å². The molecule has 0 radical (unpaired) electrons. The normalized spacial score (nSPS) is 10.9. The van der Waals surface area contributed by atoms with Gasteiger partial charge >= 0.3 is 0 Å². The highest BCUT2D eigenvalue weighted by Gasteiger charge is 2.21. The molecule has 0 spiro atoms. The summed E-state index contributed by atoms with van der Waals surface area (Å²) in [7, 11) is 5.19. The van der Waals surface area contributed by atoms with Gasteiger partial charge in [-0.15, -0.1) is 0 Å². The number of unbranched alkanes of at least 4 members (excludes halogenated alkanes) is 4. The van der Waals surface area contributed by atoms with Gasteiger partial charge in [-0.05, 0) is 18.6 Å². The Balaban J connectivity index is 2.69. The van der Waals surface area contributed by atoms with Crippen LogP contribution in [0.15, 0.2) is 18.3 Å². The summed E-state index contributed by atoms with van der Waals surface area (Å²) in [5.74, 6) is -0.0452. The van der Waals surface area contributed by atoms with E-state index in [9.17, 15) is 9.59 Å². The lowest BCUT2D eigenvalue weighted by molar-refractivity contribution is -0.141. The van der Waals surface area contributed by atoms with Gasteiger partial charge < -0.3 is 23.8 Å². The molecule has 1 rings (SSSR count). The number of aryl methyl sites for hydroxylation is 1. The second-order valence-electron chi connectivity index (χ2n) is 7.39. The summed E-state index contributed by atoms with van der Waals surface area (Å²) in [6.45, 7) is 4.54. The molecule has 0 aliphatic carbocycles. The second kappa shape index (κ2) is 15.0. The molecule has 2 amide bonds. The Kier molecular flexibility index (Phi) is 13.1. The first-order valence-electron chi connectivity index (χ1n) is 10.7. The molecule has 166 valence electrons. The van der Waals surface area contributed by atoms with Crippen molar-refractivity contribution in [3.05, 3.63) is 24.0 Å². The Morgan fingerprint density at radius 3 is 2.21 bits per heavy atom. The van der Waals surface area contributed by atoms with Crippen LogP contribution in [0.2, 0.25) is 0 Å². The third kappa shape index (κ3) is 9.94. The van der Waals surface area contributed by atoms with Crippen molar-refractivity contribution in [2.24, 2.45) is 7.05 Å². The van der Waals surface area contributed by atoms with Gasteiger partial charge in [0.15, 0.2) is 0 Å². The maximum Gasteiger partial charge on any atom is 0.242 e. The van der Waals surface area contributed by atoms with Crippen LogP contribution in [0, 0.1) is 0 Å². The zero-order valence-corrected chi connectivity index (χ0v) is 18.7. The summed E-state index contributed by atoms with van der Waals surface area (Å²) in [5.41, 5.74) is 1.04. The Hall–Kier alpha value is -1.86.